The van der Waals surface area contributed by atoms with Gasteiger partial charge in [-0.15, -0.1) is 0 Å². The molecule has 13 heavy (non-hydrogen) atoms. The first-order valence-corrected chi connectivity index (χ1v) is 5.88. The van der Waals surface area contributed by atoms with Gasteiger partial charge in [0.05, 0.1) is 5.75 Å². The molecule has 0 aromatic rings. The van der Waals surface area contributed by atoms with Crippen molar-refractivity contribution in [1.82, 2.24) is 0 Å². The Kier molecular flexibility index (Phi) is 5.26. The Morgan fingerprint density at radius 2 is 2.00 bits per heavy atom. The van der Waals surface area contributed by atoms with Crippen molar-refractivity contribution in [3.05, 3.63) is 11.5 Å². The van der Waals surface area contributed by atoms with Crippen molar-refractivity contribution in [2.75, 3.05) is 5.75 Å². The van der Waals surface area contributed by atoms with E-state index in [-0.39, 0.29) is 51.4 Å². The third kappa shape index (κ3) is 5.59. The van der Waals surface area contributed by atoms with E-state index in [0.29, 0.717) is 0 Å². The second-order valence-corrected chi connectivity index (χ2v) is 5.14. The molecule has 0 aliphatic carbocycles. The van der Waals surface area contributed by atoms with Gasteiger partial charge in [0.15, 0.2) is 9.84 Å². The van der Waals surface area contributed by atoms with Crippen molar-refractivity contribution in [1.29, 1.82) is 0 Å². The third-order valence-corrected chi connectivity index (χ3v) is 2.99. The Morgan fingerprint density at radius 3 is 2.31 bits per heavy atom. The van der Waals surface area contributed by atoms with Crippen molar-refractivity contribution in [3.63, 3.8) is 0 Å². The van der Waals surface area contributed by atoms with E-state index in [1.54, 1.807) is 0 Å². The van der Waals surface area contributed by atoms with Gasteiger partial charge in [-0.1, -0.05) is 0 Å². The molecule has 0 aromatic heterocycles. The fourth-order valence-corrected chi connectivity index (χ4v) is 2.44. The van der Waals surface area contributed by atoms with Crippen molar-refractivity contribution in [2.24, 2.45) is 0 Å². The van der Waals surface area contributed by atoms with E-state index < -0.39 is 32.1 Å². The minimum Gasteiger partial charge on any atom is -0.726 e. The Labute approximate surface area is 119 Å². The number of sulfone groups is 1. The standard InChI is InChI=1S/C4H6O6S2.K/c5-11(6)2-1-4(3-11)10-12(7,8)9;/h1-2,4H,3H2,(H,7,8,9);/q;+1/p-1. The second-order valence-electron chi connectivity index (χ2n) is 2.20. The summed E-state index contributed by atoms with van der Waals surface area (Å²) in [5.74, 6) is -0.492. The molecule has 0 spiro atoms. The maximum absolute atomic E-state index is 10.7. The number of rotatable bonds is 2. The molecule has 6 nitrogen and oxygen atoms in total. The zero-order valence-electron chi connectivity index (χ0n) is 6.71. The van der Waals surface area contributed by atoms with Crippen molar-refractivity contribution in [2.45, 2.75) is 6.10 Å². The topological polar surface area (TPSA) is 101 Å². The second kappa shape index (κ2) is 4.81. The monoisotopic (exact) mass is 252 g/mol. The zero-order valence-corrected chi connectivity index (χ0v) is 11.5. The fraction of sp³-hybridized carbons (Fsp3) is 0.500. The van der Waals surface area contributed by atoms with Crippen LogP contribution in [0.2, 0.25) is 0 Å². The Morgan fingerprint density at radius 1 is 1.46 bits per heavy atom. The minimum atomic E-state index is -4.82. The summed E-state index contributed by atoms with van der Waals surface area (Å²) < 4.78 is 55.2. The molecule has 70 valence electrons. The van der Waals surface area contributed by atoms with E-state index in [0.717, 1.165) is 11.5 Å². The molecule has 1 heterocycles. The van der Waals surface area contributed by atoms with Crippen molar-refractivity contribution < 1.29 is 77.0 Å². The molecule has 0 N–H and O–H groups in total. The first-order valence-electron chi connectivity index (χ1n) is 2.83. The van der Waals surface area contributed by atoms with Crippen LogP contribution >= 0.6 is 0 Å². The summed E-state index contributed by atoms with van der Waals surface area (Å²) in [6, 6.07) is 0. The zero-order chi connectivity index (χ0) is 9.41. The van der Waals surface area contributed by atoms with E-state index in [1.165, 1.54) is 0 Å². The summed E-state index contributed by atoms with van der Waals surface area (Å²) in [6.45, 7) is 0. The summed E-state index contributed by atoms with van der Waals surface area (Å²) >= 11 is 0. The molecule has 0 saturated carbocycles. The molecule has 1 aliphatic heterocycles. The summed E-state index contributed by atoms with van der Waals surface area (Å²) in [6.07, 6.45) is -0.150. The van der Waals surface area contributed by atoms with Gasteiger partial charge >= 0.3 is 51.4 Å². The normalized spacial score (nSPS) is 25.5. The van der Waals surface area contributed by atoms with E-state index >= 15 is 0 Å². The first-order chi connectivity index (χ1) is 5.29. The molecule has 1 rings (SSSR count). The van der Waals surface area contributed by atoms with E-state index in [2.05, 4.69) is 4.18 Å². The summed E-state index contributed by atoms with van der Waals surface area (Å²) in [5, 5.41) is 0.822. The maximum Gasteiger partial charge on any atom is 1.00 e. The van der Waals surface area contributed by atoms with Crippen molar-refractivity contribution >= 4 is 20.2 Å². The van der Waals surface area contributed by atoms with Gasteiger partial charge in [0.1, 0.15) is 6.10 Å². The van der Waals surface area contributed by atoms with Gasteiger partial charge < -0.3 is 4.55 Å². The van der Waals surface area contributed by atoms with E-state index in [4.69, 9.17) is 0 Å². The predicted octanol–water partition coefficient (Wildman–Crippen LogP) is -4.22. The molecule has 0 bridgehead atoms. The van der Waals surface area contributed by atoms with Crippen LogP contribution in [0.1, 0.15) is 0 Å². The molecule has 0 radical (unpaired) electrons. The van der Waals surface area contributed by atoms with Crippen LogP contribution in [0.25, 0.3) is 0 Å². The summed E-state index contributed by atoms with van der Waals surface area (Å²) in [4.78, 5) is 0. The molecule has 1 aliphatic rings. The van der Waals surface area contributed by atoms with Gasteiger partial charge in [-0.2, -0.15) is 0 Å². The average molecular weight is 252 g/mol. The van der Waals surface area contributed by atoms with Crippen LogP contribution in [0.15, 0.2) is 11.5 Å². The largest absolute Gasteiger partial charge is 1.00 e. The molecule has 9 heteroatoms. The van der Waals surface area contributed by atoms with Crippen LogP contribution in [0, 0.1) is 0 Å². The SMILES string of the molecule is O=S1(=O)C=CC(OS(=O)(=O)[O-])C1.[K+]. The molecular weight excluding hydrogens is 247 g/mol. The number of hydrogen-bond donors (Lipinski definition) is 0. The van der Waals surface area contributed by atoms with Crippen molar-refractivity contribution in [3.8, 4) is 0 Å². The van der Waals surface area contributed by atoms with Gasteiger partial charge in [-0.25, -0.2) is 16.8 Å². The van der Waals surface area contributed by atoms with E-state index in [9.17, 15) is 21.4 Å². The van der Waals surface area contributed by atoms with Crippen LogP contribution in [0.4, 0.5) is 0 Å². The molecular formula is C4H5KO6S2. The van der Waals surface area contributed by atoms with Crippen LogP contribution in [-0.4, -0.2) is 33.2 Å². The van der Waals surface area contributed by atoms with Crippen LogP contribution in [0.3, 0.4) is 0 Å². The van der Waals surface area contributed by atoms with Gasteiger partial charge in [0.2, 0.25) is 10.4 Å². The fourth-order valence-electron chi connectivity index (χ4n) is 0.759. The molecule has 0 saturated heterocycles. The van der Waals surface area contributed by atoms with Gasteiger partial charge in [-0.3, -0.25) is 4.18 Å². The van der Waals surface area contributed by atoms with Gasteiger partial charge in [0.25, 0.3) is 0 Å². The summed E-state index contributed by atoms with van der Waals surface area (Å²) in [5.41, 5.74) is 0. The summed E-state index contributed by atoms with van der Waals surface area (Å²) in [7, 11) is -8.20. The third-order valence-electron chi connectivity index (χ3n) is 1.14. The predicted molar refractivity (Wildman–Crippen MR) is 37.5 cm³/mol. The van der Waals surface area contributed by atoms with Gasteiger partial charge in [-0.05, 0) is 6.08 Å². The number of hydrogen-bond acceptors (Lipinski definition) is 6. The molecule has 0 aromatic carbocycles. The Balaban J connectivity index is 0.00000144. The Bertz CT molecular complexity index is 392. The molecule has 1 unspecified atom stereocenters. The smallest absolute Gasteiger partial charge is 0.726 e. The maximum atomic E-state index is 10.7. The van der Waals surface area contributed by atoms with E-state index in [1.807, 2.05) is 0 Å². The quantitative estimate of drug-likeness (QED) is 0.280. The average Bonchev–Trinajstić information content (AvgIpc) is 2.05. The van der Waals surface area contributed by atoms with Crippen LogP contribution in [0.5, 0.6) is 0 Å². The Hall–Kier alpha value is 1.20. The molecule has 0 amide bonds. The minimum absolute atomic E-state index is 0. The van der Waals surface area contributed by atoms with Crippen LogP contribution < -0.4 is 51.4 Å². The first kappa shape index (κ1) is 14.2. The van der Waals surface area contributed by atoms with Gasteiger partial charge in [0, 0.05) is 5.41 Å². The van der Waals surface area contributed by atoms with Crippen LogP contribution in [-0.2, 0) is 24.4 Å². The molecule has 0 fully saturated rings. The molecule has 1 atom stereocenters.